The maximum atomic E-state index is 2.42. The highest BCUT2D eigenvalue weighted by Crippen LogP contribution is 2.22. The zero-order chi connectivity index (χ0) is 22.7. The van der Waals surface area contributed by atoms with Crippen LogP contribution in [0, 0.1) is 5.92 Å². The van der Waals surface area contributed by atoms with Gasteiger partial charge >= 0.3 is 0 Å². The Morgan fingerprint density at radius 2 is 0.516 bits per heavy atom. The lowest BCUT2D eigenvalue weighted by atomic mass is 9.92. The van der Waals surface area contributed by atoms with Gasteiger partial charge in [0.15, 0.2) is 0 Å². The van der Waals surface area contributed by atoms with Crippen LogP contribution in [0.4, 0.5) is 0 Å². The van der Waals surface area contributed by atoms with E-state index in [4.69, 9.17) is 0 Å². The van der Waals surface area contributed by atoms with Crippen molar-refractivity contribution in [3.8, 4) is 0 Å². The van der Waals surface area contributed by atoms with Crippen molar-refractivity contribution in [1.82, 2.24) is 0 Å². The minimum atomic E-state index is 1.02. The minimum Gasteiger partial charge on any atom is -0.0654 e. The van der Waals surface area contributed by atoms with E-state index in [9.17, 15) is 0 Å². The molecule has 1 atom stereocenters. The third-order valence-corrected chi connectivity index (χ3v) is 7.51. The largest absolute Gasteiger partial charge is 0.0654 e. The first-order valence-electron chi connectivity index (χ1n) is 15.3. The van der Waals surface area contributed by atoms with Gasteiger partial charge in [-0.1, -0.05) is 194 Å². The smallest absolute Gasteiger partial charge is 0.0417 e. The van der Waals surface area contributed by atoms with E-state index < -0.39 is 0 Å². The van der Waals surface area contributed by atoms with Crippen molar-refractivity contribution in [3.63, 3.8) is 0 Å². The summed E-state index contributed by atoms with van der Waals surface area (Å²) in [7, 11) is 0. The summed E-state index contributed by atoms with van der Waals surface area (Å²) in [5.41, 5.74) is 0. The van der Waals surface area contributed by atoms with E-state index >= 15 is 0 Å². The molecular weight excluding hydrogens is 372 g/mol. The summed E-state index contributed by atoms with van der Waals surface area (Å²) in [6.45, 7) is 7.04. The molecule has 0 amide bonds. The van der Waals surface area contributed by atoms with Crippen molar-refractivity contribution >= 4 is 0 Å². The molecule has 188 valence electrons. The van der Waals surface area contributed by atoms with Gasteiger partial charge in [0, 0.05) is 0 Å². The topological polar surface area (TPSA) is 0 Å². The van der Waals surface area contributed by atoms with Crippen LogP contribution in [0.15, 0.2) is 0 Å². The SMILES string of the molecule is CCCCCCCCCCCCCCCCCC(CC)CCCCCCCCCCC. The van der Waals surface area contributed by atoms with Gasteiger partial charge in [0.2, 0.25) is 0 Å². The van der Waals surface area contributed by atoms with Gasteiger partial charge in [0.25, 0.3) is 0 Å². The molecule has 0 saturated heterocycles. The first kappa shape index (κ1) is 31.0. The Bertz CT molecular complexity index is 294. The predicted octanol–water partition coefficient (Wildman–Crippen LogP) is 12.2. The fourth-order valence-corrected chi connectivity index (χ4v) is 5.10. The van der Waals surface area contributed by atoms with Crippen molar-refractivity contribution in [2.45, 2.75) is 194 Å². The molecule has 0 nitrogen and oxygen atoms in total. The molecule has 0 heterocycles. The van der Waals surface area contributed by atoms with Gasteiger partial charge in [0.05, 0.1) is 0 Å². The molecule has 0 aliphatic carbocycles. The van der Waals surface area contributed by atoms with Crippen LogP contribution in [0.1, 0.15) is 194 Å². The molecule has 0 rings (SSSR count). The molecule has 0 radical (unpaired) electrons. The van der Waals surface area contributed by atoms with Gasteiger partial charge in [0.1, 0.15) is 0 Å². The lowest BCUT2D eigenvalue weighted by molar-refractivity contribution is 0.392. The zero-order valence-electron chi connectivity index (χ0n) is 22.7. The lowest BCUT2D eigenvalue weighted by Crippen LogP contribution is -1.99. The predicted molar refractivity (Wildman–Crippen MR) is 145 cm³/mol. The van der Waals surface area contributed by atoms with Crippen LogP contribution in [0.5, 0.6) is 0 Å². The Morgan fingerprint density at radius 1 is 0.290 bits per heavy atom. The Balaban J connectivity index is 3.25. The van der Waals surface area contributed by atoms with E-state index in [0.29, 0.717) is 0 Å². The van der Waals surface area contributed by atoms with E-state index in [2.05, 4.69) is 20.8 Å². The fourth-order valence-electron chi connectivity index (χ4n) is 5.10. The van der Waals surface area contributed by atoms with Crippen molar-refractivity contribution in [2.75, 3.05) is 0 Å². The second-order valence-corrected chi connectivity index (χ2v) is 10.6. The molecule has 0 heteroatoms. The summed E-state index contributed by atoms with van der Waals surface area (Å²) in [4.78, 5) is 0. The zero-order valence-corrected chi connectivity index (χ0v) is 22.7. The van der Waals surface area contributed by atoms with Crippen LogP contribution in [0.2, 0.25) is 0 Å². The summed E-state index contributed by atoms with van der Waals surface area (Å²) in [6, 6.07) is 0. The Morgan fingerprint density at radius 3 is 0.742 bits per heavy atom. The molecule has 0 aromatic rings. The molecule has 0 spiro atoms. The lowest BCUT2D eigenvalue weighted by Gasteiger charge is -2.14. The average Bonchev–Trinajstić information content (AvgIpc) is 2.79. The highest BCUT2D eigenvalue weighted by Gasteiger charge is 2.06. The molecule has 0 aromatic heterocycles. The van der Waals surface area contributed by atoms with Crippen LogP contribution in [-0.2, 0) is 0 Å². The van der Waals surface area contributed by atoms with E-state index in [0.717, 1.165) is 5.92 Å². The molecule has 0 aliphatic heterocycles. The maximum absolute atomic E-state index is 2.42. The van der Waals surface area contributed by atoms with Gasteiger partial charge in [-0.15, -0.1) is 0 Å². The molecule has 1 unspecified atom stereocenters. The summed E-state index contributed by atoms with van der Waals surface area (Å²) in [5.74, 6) is 1.02. The average molecular weight is 437 g/mol. The second-order valence-electron chi connectivity index (χ2n) is 10.6. The second kappa shape index (κ2) is 28.0. The van der Waals surface area contributed by atoms with Crippen LogP contribution in [0.25, 0.3) is 0 Å². The first-order chi connectivity index (χ1) is 15.3. The van der Waals surface area contributed by atoms with E-state index in [1.54, 1.807) is 0 Å². The van der Waals surface area contributed by atoms with Crippen molar-refractivity contribution in [2.24, 2.45) is 5.92 Å². The van der Waals surface area contributed by atoms with Crippen LogP contribution >= 0.6 is 0 Å². The van der Waals surface area contributed by atoms with Gasteiger partial charge in [-0.25, -0.2) is 0 Å². The summed E-state index contributed by atoms with van der Waals surface area (Å²) >= 11 is 0. The number of hydrogen-bond donors (Lipinski definition) is 0. The molecule has 0 bridgehead atoms. The molecule has 0 aromatic carbocycles. The highest BCUT2D eigenvalue weighted by molar-refractivity contribution is 4.59. The molecule has 31 heavy (non-hydrogen) atoms. The van der Waals surface area contributed by atoms with Crippen molar-refractivity contribution < 1.29 is 0 Å². The third kappa shape index (κ3) is 26.1. The standard InChI is InChI=1S/C31H64/c1-4-7-9-11-13-15-16-17-18-19-20-22-24-26-28-30-31(6-3)29-27-25-23-21-14-12-10-8-5-2/h31H,4-30H2,1-3H3. The summed E-state index contributed by atoms with van der Waals surface area (Å²) in [5, 5.41) is 0. The Hall–Kier alpha value is 0. The number of rotatable bonds is 27. The normalized spacial score (nSPS) is 12.5. The quantitative estimate of drug-likeness (QED) is 0.112. The van der Waals surface area contributed by atoms with E-state index in [1.165, 1.54) is 173 Å². The minimum absolute atomic E-state index is 1.02. The highest BCUT2D eigenvalue weighted by atomic mass is 14.1. The maximum Gasteiger partial charge on any atom is -0.0417 e. The van der Waals surface area contributed by atoms with Gasteiger partial charge < -0.3 is 0 Å². The Kier molecular flexibility index (Phi) is 28.0. The van der Waals surface area contributed by atoms with Crippen molar-refractivity contribution in [3.05, 3.63) is 0 Å². The number of hydrogen-bond acceptors (Lipinski definition) is 0. The van der Waals surface area contributed by atoms with Gasteiger partial charge in [-0.3, -0.25) is 0 Å². The van der Waals surface area contributed by atoms with E-state index in [-0.39, 0.29) is 0 Å². The van der Waals surface area contributed by atoms with Crippen molar-refractivity contribution in [1.29, 1.82) is 0 Å². The molecule has 0 aliphatic rings. The van der Waals surface area contributed by atoms with Crippen LogP contribution < -0.4 is 0 Å². The van der Waals surface area contributed by atoms with Crippen LogP contribution in [0.3, 0.4) is 0 Å². The number of unbranched alkanes of at least 4 members (excludes halogenated alkanes) is 22. The molecule has 0 N–H and O–H groups in total. The molecule has 0 saturated carbocycles. The fraction of sp³-hybridized carbons (Fsp3) is 1.00. The van der Waals surface area contributed by atoms with Gasteiger partial charge in [-0.05, 0) is 5.92 Å². The van der Waals surface area contributed by atoms with Crippen LogP contribution in [-0.4, -0.2) is 0 Å². The Labute approximate surface area is 200 Å². The first-order valence-corrected chi connectivity index (χ1v) is 15.3. The summed E-state index contributed by atoms with van der Waals surface area (Å²) in [6.07, 6.45) is 39.8. The molecule has 0 fully saturated rings. The third-order valence-electron chi connectivity index (χ3n) is 7.51. The molecular formula is C31H64. The van der Waals surface area contributed by atoms with E-state index in [1.807, 2.05) is 0 Å². The van der Waals surface area contributed by atoms with Gasteiger partial charge in [-0.2, -0.15) is 0 Å². The summed E-state index contributed by atoms with van der Waals surface area (Å²) < 4.78 is 0. The monoisotopic (exact) mass is 437 g/mol.